The summed E-state index contributed by atoms with van der Waals surface area (Å²) in [4.78, 5) is 14.1. The third kappa shape index (κ3) is 2.07. The predicted molar refractivity (Wildman–Crippen MR) is 69.2 cm³/mol. The second-order valence-corrected chi connectivity index (χ2v) is 6.81. The van der Waals surface area contributed by atoms with Crippen LogP contribution in [0.25, 0.3) is 0 Å². The Hall–Kier alpha value is -0.450. The number of hydrogen-bond donors (Lipinski definition) is 0. The molecule has 0 spiro atoms. The van der Waals surface area contributed by atoms with Crippen LogP contribution in [0.4, 0.5) is 0 Å². The number of ketones is 1. The van der Waals surface area contributed by atoms with Crippen molar-refractivity contribution in [3.8, 4) is 0 Å². The Morgan fingerprint density at radius 2 is 2.07 bits per heavy atom. The van der Waals surface area contributed by atoms with Gasteiger partial charge in [-0.25, -0.2) is 0 Å². The first-order valence-electron chi connectivity index (χ1n) is 4.44. The summed E-state index contributed by atoms with van der Waals surface area (Å²) >= 11 is 6.48. The molecule has 0 radical (unpaired) electrons. The Bertz CT molecular complexity index is 510. The van der Waals surface area contributed by atoms with Crippen molar-refractivity contribution in [2.45, 2.75) is 13.8 Å². The fourth-order valence-corrected chi connectivity index (χ4v) is 3.51. The van der Waals surface area contributed by atoms with E-state index in [-0.39, 0.29) is 5.78 Å². The van der Waals surface area contributed by atoms with E-state index in [4.69, 9.17) is 0 Å². The van der Waals surface area contributed by atoms with Crippen LogP contribution in [-0.2, 0) is 0 Å². The fraction of sp³-hybridized carbons (Fsp3) is 0.182. The quantitative estimate of drug-likeness (QED) is 0.750. The maximum atomic E-state index is 12.1. The summed E-state index contributed by atoms with van der Waals surface area (Å²) in [5, 5.41) is 1.95. The van der Waals surface area contributed by atoms with E-state index in [0.29, 0.717) is 0 Å². The van der Waals surface area contributed by atoms with Crippen molar-refractivity contribution in [2.75, 3.05) is 0 Å². The van der Waals surface area contributed by atoms with Gasteiger partial charge in [-0.2, -0.15) is 0 Å². The number of thiophene rings is 2. The maximum absolute atomic E-state index is 12.1. The van der Waals surface area contributed by atoms with Crippen LogP contribution in [0.1, 0.15) is 25.7 Å². The number of aryl methyl sites for hydroxylation is 1. The summed E-state index contributed by atoms with van der Waals surface area (Å²) in [6.45, 7) is 4.04. The highest BCUT2D eigenvalue weighted by Gasteiger charge is 2.15. The molecule has 1 nitrogen and oxygen atoms in total. The summed E-state index contributed by atoms with van der Waals surface area (Å²) in [5.41, 5.74) is 1.95. The topological polar surface area (TPSA) is 17.1 Å². The molecule has 0 aromatic carbocycles. The SMILES string of the molecule is Cc1scc(C(=O)c2ccc(Br)s2)c1C. The lowest BCUT2D eigenvalue weighted by Gasteiger charge is -1.96. The van der Waals surface area contributed by atoms with Crippen LogP contribution >= 0.6 is 38.6 Å². The highest BCUT2D eigenvalue weighted by molar-refractivity contribution is 9.11. The molecule has 0 amide bonds. The first-order valence-corrected chi connectivity index (χ1v) is 6.93. The van der Waals surface area contributed by atoms with Gasteiger partial charge in [-0.1, -0.05) is 0 Å². The van der Waals surface area contributed by atoms with Crippen LogP contribution in [0.5, 0.6) is 0 Å². The fourth-order valence-electron chi connectivity index (χ4n) is 1.31. The third-order valence-electron chi connectivity index (χ3n) is 2.33. The van der Waals surface area contributed by atoms with E-state index in [1.165, 1.54) is 16.2 Å². The van der Waals surface area contributed by atoms with E-state index in [2.05, 4.69) is 15.9 Å². The lowest BCUT2D eigenvalue weighted by atomic mass is 10.1. The molecule has 2 rings (SSSR count). The zero-order valence-corrected chi connectivity index (χ0v) is 11.6. The first kappa shape index (κ1) is 11.0. The highest BCUT2D eigenvalue weighted by atomic mass is 79.9. The van der Waals surface area contributed by atoms with E-state index >= 15 is 0 Å². The van der Waals surface area contributed by atoms with E-state index < -0.39 is 0 Å². The number of halogens is 1. The maximum Gasteiger partial charge on any atom is 0.204 e. The van der Waals surface area contributed by atoms with Crippen molar-refractivity contribution >= 4 is 44.4 Å². The molecule has 0 unspecified atom stereocenters. The molecule has 0 aliphatic heterocycles. The molecule has 0 fully saturated rings. The molecule has 2 heterocycles. The van der Waals surface area contributed by atoms with Gasteiger partial charge in [-0.15, -0.1) is 22.7 Å². The summed E-state index contributed by atoms with van der Waals surface area (Å²) in [5.74, 6) is 0.132. The first-order chi connectivity index (χ1) is 7.09. The van der Waals surface area contributed by atoms with Gasteiger partial charge in [0.2, 0.25) is 5.78 Å². The van der Waals surface area contributed by atoms with E-state index in [1.807, 2.05) is 31.4 Å². The third-order valence-corrected chi connectivity index (χ3v) is 4.96. The lowest BCUT2D eigenvalue weighted by Crippen LogP contribution is -1.98. The smallest absolute Gasteiger partial charge is 0.204 e. The minimum absolute atomic E-state index is 0.132. The van der Waals surface area contributed by atoms with Crippen LogP contribution < -0.4 is 0 Å². The number of carbonyl (C=O) groups is 1. The van der Waals surface area contributed by atoms with Crippen LogP contribution in [-0.4, -0.2) is 5.78 Å². The van der Waals surface area contributed by atoms with Gasteiger partial charge >= 0.3 is 0 Å². The van der Waals surface area contributed by atoms with Gasteiger partial charge in [0.1, 0.15) is 0 Å². The van der Waals surface area contributed by atoms with Crippen LogP contribution in [0.2, 0.25) is 0 Å². The number of hydrogen-bond acceptors (Lipinski definition) is 3. The van der Waals surface area contributed by atoms with Gasteiger partial charge in [0.15, 0.2) is 0 Å². The van der Waals surface area contributed by atoms with Gasteiger partial charge in [0.25, 0.3) is 0 Å². The number of rotatable bonds is 2. The molecule has 2 aromatic rings. The summed E-state index contributed by atoms with van der Waals surface area (Å²) < 4.78 is 0.996. The van der Waals surface area contributed by atoms with Crippen molar-refractivity contribution in [2.24, 2.45) is 0 Å². The van der Waals surface area contributed by atoms with Crippen molar-refractivity contribution < 1.29 is 4.79 Å². The zero-order chi connectivity index (χ0) is 11.0. The Labute approximate surface area is 105 Å². The Kier molecular flexibility index (Phi) is 3.09. The van der Waals surface area contributed by atoms with Gasteiger partial charge in [0.05, 0.1) is 8.66 Å². The molecule has 0 N–H and O–H groups in total. The minimum Gasteiger partial charge on any atom is -0.288 e. The van der Waals surface area contributed by atoms with Gasteiger partial charge < -0.3 is 0 Å². The molecule has 0 aliphatic carbocycles. The molecule has 0 saturated carbocycles. The lowest BCUT2D eigenvalue weighted by molar-refractivity contribution is 0.104. The molecule has 0 saturated heterocycles. The second-order valence-electron chi connectivity index (χ2n) is 3.26. The molecular formula is C11H9BrOS2. The molecule has 15 heavy (non-hydrogen) atoms. The number of carbonyl (C=O) groups excluding carboxylic acids is 1. The van der Waals surface area contributed by atoms with Gasteiger partial charge in [-0.05, 0) is 47.5 Å². The Balaban J connectivity index is 2.41. The van der Waals surface area contributed by atoms with Crippen LogP contribution in [0.3, 0.4) is 0 Å². The largest absolute Gasteiger partial charge is 0.288 e. The average molecular weight is 301 g/mol. The average Bonchev–Trinajstić information content (AvgIpc) is 2.75. The van der Waals surface area contributed by atoms with E-state index in [1.54, 1.807) is 11.3 Å². The van der Waals surface area contributed by atoms with Crippen molar-refractivity contribution in [3.05, 3.63) is 42.2 Å². The van der Waals surface area contributed by atoms with Crippen LogP contribution in [0.15, 0.2) is 21.3 Å². The van der Waals surface area contributed by atoms with Crippen molar-refractivity contribution in [3.63, 3.8) is 0 Å². The predicted octanol–water partition coefficient (Wildman–Crippen LogP) is 4.42. The van der Waals surface area contributed by atoms with Gasteiger partial charge in [-0.3, -0.25) is 4.79 Å². The minimum atomic E-state index is 0.132. The zero-order valence-electron chi connectivity index (χ0n) is 8.33. The van der Waals surface area contributed by atoms with Crippen LogP contribution in [0, 0.1) is 13.8 Å². The molecule has 78 valence electrons. The molecule has 0 aliphatic rings. The molecular weight excluding hydrogens is 292 g/mol. The Morgan fingerprint density at radius 1 is 1.33 bits per heavy atom. The normalized spacial score (nSPS) is 10.6. The van der Waals surface area contributed by atoms with Crippen molar-refractivity contribution in [1.82, 2.24) is 0 Å². The highest BCUT2D eigenvalue weighted by Crippen LogP contribution is 2.28. The van der Waals surface area contributed by atoms with Crippen molar-refractivity contribution in [1.29, 1.82) is 0 Å². The monoisotopic (exact) mass is 300 g/mol. The van der Waals surface area contributed by atoms with Gasteiger partial charge in [0, 0.05) is 15.8 Å². The summed E-state index contributed by atoms with van der Waals surface area (Å²) in [6.07, 6.45) is 0. The molecule has 4 heteroatoms. The van der Waals surface area contributed by atoms with E-state index in [9.17, 15) is 4.79 Å². The molecule has 0 atom stereocenters. The Morgan fingerprint density at radius 3 is 2.53 bits per heavy atom. The standard InChI is InChI=1S/C11H9BrOS2/c1-6-7(2)14-5-8(6)11(13)9-3-4-10(12)15-9/h3-5H,1-2H3. The second kappa shape index (κ2) is 4.20. The van der Waals surface area contributed by atoms with E-state index in [0.717, 1.165) is 19.8 Å². The molecule has 2 aromatic heterocycles. The summed E-state index contributed by atoms with van der Waals surface area (Å²) in [6, 6.07) is 3.77. The molecule has 0 bridgehead atoms. The summed E-state index contributed by atoms with van der Waals surface area (Å²) in [7, 11) is 0.